The van der Waals surface area contributed by atoms with Crippen LogP contribution >= 0.6 is 23.4 Å². The van der Waals surface area contributed by atoms with E-state index in [4.69, 9.17) is 16.6 Å². The van der Waals surface area contributed by atoms with Crippen molar-refractivity contribution < 1.29 is 4.79 Å². The Labute approximate surface area is 172 Å². The van der Waals surface area contributed by atoms with E-state index in [0.717, 1.165) is 38.5 Å². The predicted octanol–water partition coefficient (Wildman–Crippen LogP) is 6.13. The van der Waals surface area contributed by atoms with Crippen LogP contribution in [0.3, 0.4) is 0 Å². The van der Waals surface area contributed by atoms with Crippen molar-refractivity contribution in [2.24, 2.45) is 0 Å². The number of amides is 1. The minimum Gasteiger partial charge on any atom is -0.295 e. The Morgan fingerprint density at radius 3 is 2.64 bits per heavy atom. The maximum Gasteiger partial charge on any atom is 0.238 e. The second-order valence-electron chi connectivity index (χ2n) is 6.94. The molecule has 0 aliphatic carbocycles. The van der Waals surface area contributed by atoms with Crippen LogP contribution in [0.5, 0.6) is 0 Å². The van der Waals surface area contributed by atoms with Crippen LogP contribution in [0.2, 0.25) is 5.15 Å². The van der Waals surface area contributed by atoms with E-state index in [-0.39, 0.29) is 11.3 Å². The van der Waals surface area contributed by atoms with E-state index in [2.05, 4.69) is 30.3 Å². The fourth-order valence-electron chi connectivity index (χ4n) is 3.82. The van der Waals surface area contributed by atoms with Gasteiger partial charge < -0.3 is 0 Å². The van der Waals surface area contributed by atoms with Crippen LogP contribution in [-0.4, -0.2) is 16.6 Å². The fraction of sp³-hybridized carbons (Fsp3) is 0.130. The monoisotopic (exact) mass is 404 g/mol. The maximum absolute atomic E-state index is 12.7. The second kappa shape index (κ2) is 6.80. The number of carbonyl (C=O) groups excluding carboxylic acids is 1. The van der Waals surface area contributed by atoms with Gasteiger partial charge in [0.1, 0.15) is 10.5 Å². The molecule has 2 heterocycles. The highest BCUT2D eigenvalue weighted by Crippen LogP contribution is 2.45. The van der Waals surface area contributed by atoms with Crippen molar-refractivity contribution in [3.63, 3.8) is 0 Å². The van der Waals surface area contributed by atoms with Gasteiger partial charge in [-0.2, -0.15) is 0 Å². The van der Waals surface area contributed by atoms with Gasteiger partial charge >= 0.3 is 0 Å². The third kappa shape index (κ3) is 2.76. The number of hydrogen-bond donors (Lipinski definition) is 0. The number of benzene rings is 3. The van der Waals surface area contributed by atoms with Crippen molar-refractivity contribution in [2.45, 2.75) is 12.3 Å². The number of rotatable bonds is 2. The average molecular weight is 405 g/mol. The minimum absolute atomic E-state index is 0.0963. The Kier molecular flexibility index (Phi) is 4.26. The van der Waals surface area contributed by atoms with Crippen LogP contribution in [0.25, 0.3) is 21.7 Å². The van der Waals surface area contributed by atoms with Crippen molar-refractivity contribution >= 4 is 56.6 Å². The highest BCUT2D eigenvalue weighted by Gasteiger charge is 2.36. The van der Waals surface area contributed by atoms with Gasteiger partial charge in [-0.3, -0.25) is 9.69 Å². The number of pyridine rings is 1. The summed E-state index contributed by atoms with van der Waals surface area (Å²) in [4.78, 5) is 19.3. The molecule has 28 heavy (non-hydrogen) atoms. The van der Waals surface area contributed by atoms with Crippen LogP contribution in [0, 0.1) is 6.92 Å². The molecule has 138 valence electrons. The predicted molar refractivity (Wildman–Crippen MR) is 118 cm³/mol. The topological polar surface area (TPSA) is 33.2 Å². The molecule has 0 bridgehead atoms. The molecule has 3 nitrogen and oxygen atoms in total. The van der Waals surface area contributed by atoms with Crippen LogP contribution in [0.1, 0.15) is 16.5 Å². The van der Waals surface area contributed by atoms with Gasteiger partial charge in [-0.15, -0.1) is 11.8 Å². The van der Waals surface area contributed by atoms with Crippen molar-refractivity contribution in [1.82, 2.24) is 4.98 Å². The Bertz CT molecular complexity index is 1240. The van der Waals surface area contributed by atoms with E-state index in [9.17, 15) is 4.79 Å². The van der Waals surface area contributed by atoms with Gasteiger partial charge in [0.2, 0.25) is 5.91 Å². The van der Waals surface area contributed by atoms with Gasteiger partial charge in [-0.1, -0.05) is 66.2 Å². The molecule has 1 saturated heterocycles. The van der Waals surface area contributed by atoms with Crippen LogP contribution in [0.15, 0.2) is 66.7 Å². The van der Waals surface area contributed by atoms with Gasteiger partial charge in [0.15, 0.2) is 0 Å². The zero-order valence-corrected chi connectivity index (χ0v) is 16.8. The summed E-state index contributed by atoms with van der Waals surface area (Å²) >= 11 is 8.26. The van der Waals surface area contributed by atoms with E-state index < -0.39 is 0 Å². The third-order valence-corrected chi connectivity index (χ3v) is 6.70. The van der Waals surface area contributed by atoms with Gasteiger partial charge in [0.25, 0.3) is 0 Å². The molecular formula is C23H17ClN2OS. The van der Waals surface area contributed by atoms with Crippen LogP contribution in [-0.2, 0) is 4.79 Å². The number of aromatic nitrogens is 1. The number of nitrogens with zero attached hydrogens (tertiary/aromatic N) is 2. The molecular weight excluding hydrogens is 388 g/mol. The molecule has 0 N–H and O–H groups in total. The summed E-state index contributed by atoms with van der Waals surface area (Å²) in [5.41, 5.74) is 3.77. The van der Waals surface area contributed by atoms with Crippen LogP contribution < -0.4 is 4.90 Å². The third-order valence-electron chi connectivity index (χ3n) is 5.20. The number of aryl methyl sites for hydroxylation is 1. The lowest BCUT2D eigenvalue weighted by Gasteiger charge is -2.26. The quantitative estimate of drug-likeness (QED) is 0.297. The molecule has 5 heteroatoms. The Hall–Kier alpha value is -2.56. The number of thioether (sulfide) groups is 1. The lowest BCUT2D eigenvalue weighted by atomic mass is 10.0. The molecule has 1 aromatic heterocycles. The molecule has 4 aromatic rings. The first-order chi connectivity index (χ1) is 13.6. The largest absolute Gasteiger partial charge is 0.295 e. The van der Waals surface area contributed by atoms with Crippen molar-refractivity contribution in [3.8, 4) is 0 Å². The SMILES string of the molecule is Cc1ccccc1N1C(=O)CSC1c1cc2ccc3ccccc3c2nc1Cl. The normalized spacial score (nSPS) is 17.0. The first-order valence-electron chi connectivity index (χ1n) is 9.11. The highest BCUT2D eigenvalue weighted by atomic mass is 35.5. The number of halogens is 1. The molecule has 1 fully saturated rings. The zero-order valence-electron chi connectivity index (χ0n) is 15.2. The molecule has 1 amide bonds. The molecule has 1 atom stereocenters. The fourth-order valence-corrected chi connectivity index (χ4v) is 5.31. The highest BCUT2D eigenvalue weighted by molar-refractivity contribution is 8.00. The van der Waals surface area contributed by atoms with E-state index in [0.29, 0.717) is 10.9 Å². The first kappa shape index (κ1) is 17.5. The number of para-hydroxylation sites is 1. The van der Waals surface area contributed by atoms with Crippen molar-refractivity contribution in [2.75, 3.05) is 10.7 Å². The van der Waals surface area contributed by atoms with E-state index >= 15 is 0 Å². The minimum atomic E-state index is -0.176. The number of hydrogen-bond acceptors (Lipinski definition) is 3. The van der Waals surface area contributed by atoms with E-state index in [1.165, 1.54) is 0 Å². The van der Waals surface area contributed by atoms with Gasteiger partial charge in [0, 0.05) is 22.0 Å². The molecule has 1 unspecified atom stereocenters. The Morgan fingerprint density at radius 1 is 1.04 bits per heavy atom. The summed E-state index contributed by atoms with van der Waals surface area (Å²) in [5, 5.41) is 3.53. The molecule has 1 aliphatic heterocycles. The van der Waals surface area contributed by atoms with Crippen LogP contribution in [0.4, 0.5) is 5.69 Å². The lowest BCUT2D eigenvalue weighted by Crippen LogP contribution is -2.28. The summed E-state index contributed by atoms with van der Waals surface area (Å²) in [6.07, 6.45) is 0. The second-order valence-corrected chi connectivity index (χ2v) is 8.37. The standard InChI is InChI=1S/C23H17ClN2OS/c1-14-6-2-5-9-19(14)26-20(27)13-28-23(26)18-12-16-11-10-15-7-3-4-8-17(15)21(16)25-22(18)24/h2-12,23H,13H2,1H3. The smallest absolute Gasteiger partial charge is 0.238 e. The summed E-state index contributed by atoms with van der Waals surface area (Å²) in [6.45, 7) is 2.02. The maximum atomic E-state index is 12.7. The molecule has 1 aliphatic rings. The van der Waals surface area contributed by atoms with Gasteiger partial charge in [0.05, 0.1) is 11.3 Å². The van der Waals surface area contributed by atoms with Crippen molar-refractivity contribution in [3.05, 3.63) is 83.0 Å². The Morgan fingerprint density at radius 2 is 1.79 bits per heavy atom. The van der Waals surface area contributed by atoms with Gasteiger partial charge in [-0.25, -0.2) is 4.98 Å². The zero-order chi connectivity index (χ0) is 19.3. The first-order valence-corrected chi connectivity index (χ1v) is 10.5. The average Bonchev–Trinajstić information content (AvgIpc) is 3.09. The summed E-state index contributed by atoms with van der Waals surface area (Å²) in [5.74, 6) is 0.532. The van der Waals surface area contributed by atoms with E-state index in [1.54, 1.807) is 11.8 Å². The number of fused-ring (bicyclic) bond motifs is 3. The number of carbonyl (C=O) groups is 1. The van der Waals surface area contributed by atoms with Crippen molar-refractivity contribution in [1.29, 1.82) is 0 Å². The summed E-state index contributed by atoms with van der Waals surface area (Å²) in [7, 11) is 0. The summed E-state index contributed by atoms with van der Waals surface area (Å²) < 4.78 is 0. The molecule has 3 aromatic carbocycles. The summed E-state index contributed by atoms with van der Waals surface area (Å²) in [6, 6.07) is 22.4. The molecule has 0 spiro atoms. The molecule has 0 saturated carbocycles. The lowest BCUT2D eigenvalue weighted by molar-refractivity contribution is -0.115. The van der Waals surface area contributed by atoms with Gasteiger partial charge in [-0.05, 0) is 30.0 Å². The van der Waals surface area contributed by atoms with E-state index in [1.807, 2.05) is 48.2 Å². The molecule has 0 radical (unpaired) electrons. The number of anilines is 1. The Balaban J connectivity index is 1.68. The molecule has 5 rings (SSSR count).